The molecule has 3 rings (SSSR count). The lowest BCUT2D eigenvalue weighted by Gasteiger charge is -2.32. The number of rotatable bonds is 7. The van der Waals surface area contributed by atoms with E-state index < -0.39 is 0 Å². The van der Waals surface area contributed by atoms with Gasteiger partial charge >= 0.3 is 0 Å². The second-order valence-electron chi connectivity index (χ2n) is 7.93. The molecular weight excluding hydrogens is 362 g/mol. The second-order valence-corrected chi connectivity index (χ2v) is 7.93. The predicted octanol–water partition coefficient (Wildman–Crippen LogP) is 2.98. The molecule has 0 saturated carbocycles. The number of nitrogens with one attached hydrogen (secondary N) is 1. The summed E-state index contributed by atoms with van der Waals surface area (Å²) in [5, 5.41) is 3.04. The molecule has 1 aliphatic rings. The minimum atomic E-state index is 0.0368. The van der Waals surface area contributed by atoms with Crippen molar-refractivity contribution in [1.82, 2.24) is 15.1 Å². The number of carbonyl (C=O) groups excluding carboxylic acids is 2. The van der Waals surface area contributed by atoms with E-state index in [0.29, 0.717) is 19.6 Å². The molecule has 0 radical (unpaired) electrons. The Bertz CT molecular complexity index is 814. The molecule has 2 aromatic rings. The summed E-state index contributed by atoms with van der Waals surface area (Å²) >= 11 is 0. The molecule has 2 aromatic carbocycles. The highest BCUT2D eigenvalue weighted by Crippen LogP contribution is 2.18. The first-order valence-corrected chi connectivity index (χ1v) is 10.4. The zero-order chi connectivity index (χ0) is 20.6. The molecule has 0 aliphatic carbocycles. The molecular formula is C24H31N3O2. The molecule has 1 fully saturated rings. The van der Waals surface area contributed by atoms with Crippen LogP contribution in [-0.4, -0.2) is 48.3 Å². The number of carbonyl (C=O) groups is 2. The molecule has 5 heteroatoms. The van der Waals surface area contributed by atoms with Crippen molar-refractivity contribution in [2.75, 3.05) is 26.7 Å². The van der Waals surface area contributed by atoms with Crippen molar-refractivity contribution in [2.24, 2.45) is 5.92 Å². The van der Waals surface area contributed by atoms with Gasteiger partial charge in [0.05, 0.1) is 6.54 Å². The summed E-state index contributed by atoms with van der Waals surface area (Å²) in [7, 11) is 1.86. The average Bonchev–Trinajstić information content (AvgIpc) is 2.75. The summed E-state index contributed by atoms with van der Waals surface area (Å²) in [5.74, 6) is 0.284. The quantitative estimate of drug-likeness (QED) is 0.787. The van der Waals surface area contributed by atoms with Crippen molar-refractivity contribution in [3.63, 3.8) is 0 Å². The van der Waals surface area contributed by atoms with Gasteiger partial charge in [-0.15, -0.1) is 0 Å². The van der Waals surface area contributed by atoms with Crippen LogP contribution < -0.4 is 5.32 Å². The Labute approximate surface area is 173 Å². The van der Waals surface area contributed by atoms with Gasteiger partial charge in [0.1, 0.15) is 0 Å². The molecule has 5 nitrogen and oxygen atoms in total. The van der Waals surface area contributed by atoms with E-state index in [0.717, 1.165) is 31.5 Å². The summed E-state index contributed by atoms with van der Waals surface area (Å²) in [4.78, 5) is 29.0. The molecule has 154 valence electrons. The van der Waals surface area contributed by atoms with E-state index in [2.05, 4.69) is 29.3 Å². The number of benzene rings is 2. The molecule has 1 saturated heterocycles. The first-order chi connectivity index (χ1) is 14.0. The van der Waals surface area contributed by atoms with E-state index in [1.165, 1.54) is 11.1 Å². The summed E-state index contributed by atoms with van der Waals surface area (Å²) < 4.78 is 0. The molecule has 1 heterocycles. The Morgan fingerprint density at radius 3 is 2.38 bits per heavy atom. The number of likely N-dealkylation sites (tertiary alicyclic amines) is 1. The maximum atomic E-state index is 12.6. The lowest BCUT2D eigenvalue weighted by atomic mass is 9.95. The Hall–Kier alpha value is -2.66. The fourth-order valence-electron chi connectivity index (χ4n) is 3.73. The van der Waals surface area contributed by atoms with Crippen LogP contribution in [0, 0.1) is 12.8 Å². The smallest absolute Gasteiger partial charge is 0.236 e. The van der Waals surface area contributed by atoms with Gasteiger partial charge in [-0.3, -0.25) is 14.5 Å². The van der Waals surface area contributed by atoms with Gasteiger partial charge in [0.2, 0.25) is 11.8 Å². The zero-order valence-electron chi connectivity index (χ0n) is 17.4. The highest BCUT2D eigenvalue weighted by molar-refractivity contribution is 5.79. The molecule has 0 spiro atoms. The Morgan fingerprint density at radius 1 is 1.03 bits per heavy atom. The number of likely N-dealkylation sites (N-methyl/N-ethyl adjacent to an activating group) is 1. The van der Waals surface area contributed by atoms with E-state index in [1.54, 1.807) is 4.90 Å². The standard InChI is InChI=1S/C24H31N3O2/c1-19-8-6-7-11-22(19)17-26(2)23(28)18-27-14-12-21(13-15-27)24(29)25-16-20-9-4-3-5-10-20/h3-11,21H,12-18H2,1-2H3,(H,25,29). The van der Waals surface area contributed by atoms with Gasteiger partial charge in [0, 0.05) is 26.1 Å². The largest absolute Gasteiger partial charge is 0.352 e. The Balaban J connectivity index is 1.40. The molecule has 1 aliphatic heterocycles. The van der Waals surface area contributed by atoms with Crippen molar-refractivity contribution in [3.8, 4) is 0 Å². The Morgan fingerprint density at radius 2 is 1.69 bits per heavy atom. The van der Waals surface area contributed by atoms with Gasteiger partial charge in [-0.25, -0.2) is 0 Å². The van der Waals surface area contributed by atoms with Crippen molar-refractivity contribution in [3.05, 3.63) is 71.3 Å². The van der Waals surface area contributed by atoms with Crippen molar-refractivity contribution >= 4 is 11.8 Å². The molecule has 0 atom stereocenters. The van der Waals surface area contributed by atoms with E-state index in [-0.39, 0.29) is 17.7 Å². The maximum Gasteiger partial charge on any atom is 0.236 e. The third-order valence-electron chi connectivity index (χ3n) is 5.72. The zero-order valence-corrected chi connectivity index (χ0v) is 17.4. The topological polar surface area (TPSA) is 52.7 Å². The van der Waals surface area contributed by atoms with Crippen LogP contribution in [0.15, 0.2) is 54.6 Å². The van der Waals surface area contributed by atoms with Gasteiger partial charge in [0.15, 0.2) is 0 Å². The monoisotopic (exact) mass is 393 g/mol. The summed E-state index contributed by atoms with van der Waals surface area (Å²) in [6, 6.07) is 18.1. The molecule has 1 N–H and O–H groups in total. The van der Waals surface area contributed by atoms with Crippen LogP contribution in [0.25, 0.3) is 0 Å². The van der Waals surface area contributed by atoms with Crippen LogP contribution in [0.2, 0.25) is 0 Å². The van der Waals surface area contributed by atoms with E-state index in [4.69, 9.17) is 0 Å². The third kappa shape index (κ3) is 6.16. The number of amides is 2. The van der Waals surface area contributed by atoms with E-state index in [9.17, 15) is 9.59 Å². The molecule has 0 aromatic heterocycles. The maximum absolute atomic E-state index is 12.6. The van der Waals surface area contributed by atoms with Gasteiger partial charge in [-0.05, 0) is 49.5 Å². The first-order valence-electron chi connectivity index (χ1n) is 10.4. The molecule has 2 amide bonds. The van der Waals surface area contributed by atoms with Crippen LogP contribution in [-0.2, 0) is 22.7 Å². The average molecular weight is 394 g/mol. The normalized spacial score (nSPS) is 15.1. The number of hydrogen-bond donors (Lipinski definition) is 1. The van der Waals surface area contributed by atoms with Crippen LogP contribution in [0.5, 0.6) is 0 Å². The molecule has 0 bridgehead atoms. The highest BCUT2D eigenvalue weighted by Gasteiger charge is 2.26. The molecule has 0 unspecified atom stereocenters. The molecule has 29 heavy (non-hydrogen) atoms. The minimum Gasteiger partial charge on any atom is -0.352 e. The predicted molar refractivity (Wildman–Crippen MR) is 115 cm³/mol. The van der Waals surface area contributed by atoms with Crippen LogP contribution in [0.3, 0.4) is 0 Å². The number of nitrogens with zero attached hydrogens (tertiary/aromatic N) is 2. The summed E-state index contributed by atoms with van der Waals surface area (Å²) in [6.07, 6.45) is 1.60. The van der Waals surface area contributed by atoms with E-state index >= 15 is 0 Å². The lowest BCUT2D eigenvalue weighted by molar-refractivity contribution is -0.132. The SMILES string of the molecule is Cc1ccccc1CN(C)C(=O)CN1CCC(C(=O)NCc2ccccc2)CC1. The third-order valence-corrected chi connectivity index (χ3v) is 5.72. The van der Waals surface area contributed by atoms with Gasteiger partial charge in [0.25, 0.3) is 0 Å². The second kappa shape index (κ2) is 10.2. The van der Waals surface area contributed by atoms with Crippen LogP contribution in [0.4, 0.5) is 0 Å². The van der Waals surface area contributed by atoms with Gasteiger partial charge < -0.3 is 10.2 Å². The van der Waals surface area contributed by atoms with Crippen molar-refractivity contribution < 1.29 is 9.59 Å². The fraction of sp³-hybridized carbons (Fsp3) is 0.417. The fourth-order valence-corrected chi connectivity index (χ4v) is 3.73. The summed E-state index contributed by atoms with van der Waals surface area (Å²) in [5.41, 5.74) is 3.49. The van der Waals surface area contributed by atoms with Gasteiger partial charge in [-0.2, -0.15) is 0 Å². The van der Waals surface area contributed by atoms with E-state index in [1.807, 2.05) is 49.5 Å². The van der Waals surface area contributed by atoms with Gasteiger partial charge in [-0.1, -0.05) is 54.6 Å². The summed E-state index contributed by atoms with van der Waals surface area (Å²) in [6.45, 7) is 5.26. The van der Waals surface area contributed by atoms with Crippen molar-refractivity contribution in [2.45, 2.75) is 32.9 Å². The highest BCUT2D eigenvalue weighted by atomic mass is 16.2. The first kappa shape index (κ1) is 21.1. The number of aryl methyl sites for hydroxylation is 1. The minimum absolute atomic E-state index is 0.0368. The number of hydrogen-bond acceptors (Lipinski definition) is 3. The van der Waals surface area contributed by atoms with Crippen LogP contribution >= 0.6 is 0 Å². The number of piperidine rings is 1. The lowest BCUT2D eigenvalue weighted by Crippen LogP contribution is -2.44. The Kier molecular flexibility index (Phi) is 7.42. The van der Waals surface area contributed by atoms with Crippen molar-refractivity contribution in [1.29, 1.82) is 0 Å². The van der Waals surface area contributed by atoms with Crippen LogP contribution in [0.1, 0.15) is 29.5 Å².